The van der Waals surface area contributed by atoms with Crippen molar-refractivity contribution in [3.8, 4) is 6.07 Å². The predicted octanol–water partition coefficient (Wildman–Crippen LogP) is 3.68. The Morgan fingerprint density at radius 3 is 2.47 bits per heavy atom. The van der Waals surface area contributed by atoms with Gasteiger partial charge >= 0.3 is 0 Å². The second kappa shape index (κ2) is 11.1. The number of ether oxygens (including phenoxy) is 2. The molecule has 0 spiro atoms. The molecule has 1 saturated heterocycles. The smallest absolute Gasteiger partial charge is 0.159 e. The Hall–Kier alpha value is -2.46. The first-order chi connectivity index (χ1) is 14.6. The Balaban J connectivity index is 1.65. The normalized spacial score (nSPS) is 18.9. The van der Waals surface area contributed by atoms with Crippen LogP contribution in [0, 0.1) is 17.2 Å². The molecule has 1 fully saturated rings. The highest BCUT2D eigenvalue weighted by molar-refractivity contribution is 5.46. The molecule has 0 saturated carbocycles. The molecule has 3 rings (SSSR count). The summed E-state index contributed by atoms with van der Waals surface area (Å²) in [5, 5.41) is 12.2. The molecule has 0 aliphatic carbocycles. The fraction of sp³-hybridized carbons (Fsp3) is 0.500. The molecular formula is C24H32N4O2. The van der Waals surface area contributed by atoms with E-state index in [-0.39, 0.29) is 6.29 Å². The third-order valence-electron chi connectivity index (χ3n) is 5.41. The molecule has 0 amide bonds. The van der Waals surface area contributed by atoms with Gasteiger partial charge in [-0.15, -0.1) is 0 Å². The molecule has 1 aliphatic heterocycles. The van der Waals surface area contributed by atoms with Gasteiger partial charge in [0.25, 0.3) is 0 Å². The number of anilines is 1. The summed E-state index contributed by atoms with van der Waals surface area (Å²) in [5.74, 6) is 0.926. The molecule has 6 nitrogen and oxygen atoms in total. The quantitative estimate of drug-likeness (QED) is 0.682. The van der Waals surface area contributed by atoms with E-state index in [9.17, 15) is 0 Å². The highest BCUT2D eigenvalue weighted by Crippen LogP contribution is 2.21. The van der Waals surface area contributed by atoms with Crippen LogP contribution in [0.25, 0.3) is 0 Å². The molecule has 1 aliphatic rings. The number of nitriles is 1. The molecule has 30 heavy (non-hydrogen) atoms. The van der Waals surface area contributed by atoms with Gasteiger partial charge in [0.2, 0.25) is 0 Å². The van der Waals surface area contributed by atoms with Crippen molar-refractivity contribution in [1.29, 1.82) is 5.26 Å². The number of pyridine rings is 1. The molecule has 0 radical (unpaired) electrons. The van der Waals surface area contributed by atoms with E-state index in [2.05, 4.69) is 59.4 Å². The third kappa shape index (κ3) is 6.27. The summed E-state index contributed by atoms with van der Waals surface area (Å²) in [6, 6.07) is 14.6. The highest BCUT2D eigenvalue weighted by Gasteiger charge is 2.22. The van der Waals surface area contributed by atoms with E-state index >= 15 is 0 Å². The maximum atomic E-state index is 9.04. The summed E-state index contributed by atoms with van der Waals surface area (Å²) in [4.78, 5) is 6.52. The molecular weight excluding hydrogens is 376 g/mol. The standard InChI is InChI=1S/C24H32N4O2/c1-18(2)21-6-4-19(5-7-21)15-28(23-9-8-22(12-25)27-14-23)11-10-24-29-16-20(13-26-3)17-30-24/h4-9,14,18,20,24,26H,10-11,13,15-17H2,1-3H3. The first kappa shape index (κ1) is 22.2. The zero-order valence-electron chi connectivity index (χ0n) is 18.2. The lowest BCUT2D eigenvalue weighted by molar-refractivity contribution is -0.200. The van der Waals surface area contributed by atoms with Crippen molar-refractivity contribution in [3.63, 3.8) is 0 Å². The first-order valence-electron chi connectivity index (χ1n) is 10.7. The van der Waals surface area contributed by atoms with Crippen LogP contribution in [0.15, 0.2) is 42.6 Å². The number of benzene rings is 1. The minimum Gasteiger partial charge on any atom is -0.366 e. The van der Waals surface area contributed by atoms with Crippen molar-refractivity contribution in [2.24, 2.45) is 5.92 Å². The molecule has 0 atom stereocenters. The minimum atomic E-state index is -0.185. The van der Waals surface area contributed by atoms with Crippen molar-refractivity contribution in [2.45, 2.75) is 39.0 Å². The average Bonchev–Trinajstić information content (AvgIpc) is 2.78. The Morgan fingerprint density at radius 2 is 1.90 bits per heavy atom. The summed E-state index contributed by atoms with van der Waals surface area (Å²) in [6.07, 6.45) is 2.36. The van der Waals surface area contributed by atoms with Gasteiger partial charge in [-0.1, -0.05) is 38.1 Å². The molecule has 1 N–H and O–H groups in total. The van der Waals surface area contributed by atoms with Crippen molar-refractivity contribution in [2.75, 3.05) is 38.3 Å². The van der Waals surface area contributed by atoms with Crippen LogP contribution in [-0.2, 0) is 16.0 Å². The number of nitrogens with one attached hydrogen (secondary N) is 1. The van der Waals surface area contributed by atoms with Gasteiger partial charge < -0.3 is 19.7 Å². The maximum Gasteiger partial charge on any atom is 0.159 e. The number of nitrogens with zero attached hydrogens (tertiary/aromatic N) is 3. The van der Waals surface area contributed by atoms with Gasteiger partial charge in [-0.2, -0.15) is 5.26 Å². The fourth-order valence-corrected chi connectivity index (χ4v) is 3.58. The zero-order chi connectivity index (χ0) is 21.3. The van der Waals surface area contributed by atoms with Crippen LogP contribution < -0.4 is 10.2 Å². The van der Waals surface area contributed by atoms with Crippen LogP contribution in [0.2, 0.25) is 0 Å². The second-order valence-electron chi connectivity index (χ2n) is 8.14. The molecule has 6 heteroatoms. The highest BCUT2D eigenvalue weighted by atomic mass is 16.7. The van der Waals surface area contributed by atoms with E-state index in [1.807, 2.05) is 13.1 Å². The summed E-state index contributed by atoms with van der Waals surface area (Å²) < 4.78 is 11.8. The largest absolute Gasteiger partial charge is 0.366 e. The van der Waals surface area contributed by atoms with E-state index in [1.54, 1.807) is 12.3 Å². The minimum absolute atomic E-state index is 0.185. The molecule has 160 valence electrons. The van der Waals surface area contributed by atoms with Crippen molar-refractivity contribution >= 4 is 5.69 Å². The van der Waals surface area contributed by atoms with Gasteiger partial charge in [0, 0.05) is 32.0 Å². The van der Waals surface area contributed by atoms with E-state index in [0.717, 1.165) is 45.0 Å². The summed E-state index contributed by atoms with van der Waals surface area (Å²) >= 11 is 0. The lowest BCUT2D eigenvalue weighted by Gasteiger charge is -2.32. The van der Waals surface area contributed by atoms with Gasteiger partial charge in [-0.3, -0.25) is 0 Å². The number of hydrogen-bond acceptors (Lipinski definition) is 6. The molecule has 1 aromatic carbocycles. The van der Waals surface area contributed by atoms with Gasteiger partial charge in [0.15, 0.2) is 6.29 Å². The Labute approximate surface area is 179 Å². The Bertz CT molecular complexity index is 807. The SMILES string of the molecule is CNCC1COC(CCN(Cc2ccc(C(C)C)cc2)c2ccc(C#N)nc2)OC1. The van der Waals surface area contributed by atoms with E-state index < -0.39 is 0 Å². The van der Waals surface area contributed by atoms with Crippen LogP contribution in [0.5, 0.6) is 0 Å². The zero-order valence-corrected chi connectivity index (χ0v) is 18.2. The second-order valence-corrected chi connectivity index (χ2v) is 8.14. The summed E-state index contributed by atoms with van der Waals surface area (Å²) in [5.41, 5.74) is 3.99. The van der Waals surface area contributed by atoms with Crippen LogP contribution in [0.3, 0.4) is 0 Å². The van der Waals surface area contributed by atoms with Gasteiger partial charge in [0.05, 0.1) is 25.1 Å². The molecule has 0 unspecified atom stereocenters. The predicted molar refractivity (Wildman–Crippen MR) is 118 cm³/mol. The van der Waals surface area contributed by atoms with E-state index in [1.165, 1.54) is 11.1 Å². The first-order valence-corrected chi connectivity index (χ1v) is 10.7. The van der Waals surface area contributed by atoms with Gasteiger partial charge in [-0.05, 0) is 36.2 Å². The van der Waals surface area contributed by atoms with Crippen LogP contribution >= 0.6 is 0 Å². The van der Waals surface area contributed by atoms with E-state index in [0.29, 0.717) is 17.5 Å². The summed E-state index contributed by atoms with van der Waals surface area (Å²) in [7, 11) is 1.95. The van der Waals surface area contributed by atoms with Gasteiger partial charge in [-0.25, -0.2) is 4.98 Å². The average molecular weight is 409 g/mol. The lowest BCUT2D eigenvalue weighted by Crippen LogP contribution is -2.38. The topological polar surface area (TPSA) is 70.4 Å². The van der Waals surface area contributed by atoms with E-state index in [4.69, 9.17) is 14.7 Å². The lowest BCUT2D eigenvalue weighted by atomic mass is 10.0. The Morgan fingerprint density at radius 1 is 1.17 bits per heavy atom. The summed E-state index contributed by atoms with van der Waals surface area (Å²) in [6.45, 7) is 8.30. The number of hydrogen-bond donors (Lipinski definition) is 1. The molecule has 2 heterocycles. The fourth-order valence-electron chi connectivity index (χ4n) is 3.58. The van der Waals surface area contributed by atoms with Crippen LogP contribution in [0.4, 0.5) is 5.69 Å². The van der Waals surface area contributed by atoms with Crippen LogP contribution in [0.1, 0.15) is 43.0 Å². The number of aromatic nitrogens is 1. The number of rotatable bonds is 9. The van der Waals surface area contributed by atoms with Gasteiger partial charge in [0.1, 0.15) is 11.8 Å². The third-order valence-corrected chi connectivity index (χ3v) is 5.41. The molecule has 0 bridgehead atoms. The van der Waals surface area contributed by atoms with Crippen LogP contribution in [-0.4, -0.2) is 44.6 Å². The maximum absolute atomic E-state index is 9.04. The van der Waals surface area contributed by atoms with Crippen molar-refractivity contribution < 1.29 is 9.47 Å². The van der Waals surface area contributed by atoms with Crippen molar-refractivity contribution in [1.82, 2.24) is 10.3 Å². The molecule has 1 aromatic heterocycles. The Kier molecular flexibility index (Phi) is 8.21. The van der Waals surface area contributed by atoms with Crippen molar-refractivity contribution in [3.05, 3.63) is 59.4 Å². The monoisotopic (exact) mass is 408 g/mol. The molecule has 2 aromatic rings.